The van der Waals surface area contributed by atoms with E-state index in [1.165, 1.54) is 12.1 Å². The zero-order valence-corrected chi connectivity index (χ0v) is 28.4. The van der Waals surface area contributed by atoms with Crippen molar-refractivity contribution in [2.24, 2.45) is 10.2 Å². The Hall–Kier alpha value is -6.56. The number of nitrogens with one attached hydrogen (secondary N) is 2. The summed E-state index contributed by atoms with van der Waals surface area (Å²) in [4.78, 5) is 17.2. The molecule has 0 unspecified atom stereocenters. The molecule has 2 aromatic heterocycles. The molecule has 9 aromatic rings. The number of aromatic hydroxyl groups is 1. The van der Waals surface area contributed by atoms with Gasteiger partial charge < -0.3 is 20.0 Å². The molecule has 0 bridgehead atoms. The van der Waals surface area contributed by atoms with E-state index in [-0.39, 0.29) is 27.3 Å². The van der Waals surface area contributed by atoms with Crippen LogP contribution in [0.4, 0.5) is 17.1 Å². The molecule has 7 aromatic carbocycles. The highest BCUT2D eigenvalue weighted by Gasteiger charge is 2.23. The van der Waals surface area contributed by atoms with Crippen LogP contribution in [0.25, 0.3) is 65.2 Å². The third-order valence-electron chi connectivity index (χ3n) is 9.72. The van der Waals surface area contributed by atoms with Crippen LogP contribution in [0.1, 0.15) is 17.3 Å². The normalized spacial score (nSPS) is 12.3. The summed E-state index contributed by atoms with van der Waals surface area (Å²) in [5, 5.41) is 29.8. The van der Waals surface area contributed by atoms with Gasteiger partial charge in [0.15, 0.2) is 5.75 Å². The molecule has 0 aliphatic heterocycles. The second kappa shape index (κ2) is 11.8. The van der Waals surface area contributed by atoms with Gasteiger partial charge in [0.1, 0.15) is 10.6 Å². The highest BCUT2D eigenvalue weighted by atomic mass is 32.2. The molecule has 0 fully saturated rings. The number of carbonyl (C=O) groups is 1. The molecule has 52 heavy (non-hydrogen) atoms. The van der Waals surface area contributed by atoms with E-state index < -0.39 is 16.0 Å². The predicted octanol–water partition coefficient (Wildman–Crippen LogP) is 10.4. The molecule has 0 saturated heterocycles. The summed E-state index contributed by atoms with van der Waals surface area (Å²) in [5.74, 6) is -0.906. The number of H-pyrrole nitrogens is 1. The van der Waals surface area contributed by atoms with Gasteiger partial charge in [-0.2, -0.15) is 8.42 Å². The molecule has 0 atom stereocenters. The van der Waals surface area contributed by atoms with Crippen LogP contribution < -0.4 is 5.32 Å². The number of phenols is 1. The number of aromatic amines is 1. The molecule has 10 nitrogen and oxygen atoms in total. The number of benzene rings is 7. The first-order valence-electron chi connectivity index (χ1n) is 16.6. The number of carbonyl (C=O) groups excluding carboxylic acids is 1. The van der Waals surface area contributed by atoms with Crippen LogP contribution in [0.2, 0.25) is 0 Å². The summed E-state index contributed by atoms with van der Waals surface area (Å²) in [6.45, 7) is 2.89. The van der Waals surface area contributed by atoms with E-state index in [1.54, 1.807) is 30.3 Å². The number of hydrogen-bond donors (Lipinski definition) is 4. The standard InChI is InChI=1S/C41H29N5O5S/c1-2-46-34-14-8-6-11-27(34)30-22-24(16-19-35(30)46)42-41(48)31-21-23-15-17-29-26-10-5-7-13-32(26)43-38(29)37(23)39(40(31)47)45-44-33-18-20-36(52(49,50)51)28-12-4-3-9-25(28)33/h3-22,43,47H,2H2,1H3,(H,42,48)(H,49,50,51)/b45-44+. The molecule has 1 amide bonds. The van der Waals surface area contributed by atoms with Crippen LogP contribution in [-0.2, 0) is 16.7 Å². The summed E-state index contributed by atoms with van der Waals surface area (Å²) >= 11 is 0. The Labute approximate surface area is 296 Å². The highest BCUT2D eigenvalue weighted by Crippen LogP contribution is 2.45. The van der Waals surface area contributed by atoms with E-state index in [1.807, 2.05) is 66.7 Å². The monoisotopic (exact) mass is 703 g/mol. The van der Waals surface area contributed by atoms with Gasteiger partial charge in [-0.15, -0.1) is 10.2 Å². The Morgan fingerprint density at radius 3 is 2.25 bits per heavy atom. The molecule has 11 heteroatoms. The van der Waals surface area contributed by atoms with Gasteiger partial charge in [-0.25, -0.2) is 0 Å². The van der Waals surface area contributed by atoms with E-state index in [0.717, 1.165) is 44.6 Å². The minimum absolute atomic E-state index is 0.000394. The summed E-state index contributed by atoms with van der Waals surface area (Å²) in [6.07, 6.45) is 0. The maximum Gasteiger partial charge on any atom is 0.295 e. The molecule has 2 heterocycles. The molecule has 9 rings (SSSR count). The van der Waals surface area contributed by atoms with Gasteiger partial charge in [0.25, 0.3) is 16.0 Å². The largest absolute Gasteiger partial charge is 0.505 e. The quantitative estimate of drug-likeness (QED) is 0.100. The number of anilines is 1. The van der Waals surface area contributed by atoms with Crippen molar-refractivity contribution in [3.63, 3.8) is 0 Å². The number of azo groups is 1. The van der Waals surface area contributed by atoms with Crippen LogP contribution in [0, 0.1) is 0 Å². The van der Waals surface area contributed by atoms with Gasteiger partial charge in [0, 0.05) is 66.5 Å². The fourth-order valence-corrected chi connectivity index (χ4v) is 8.09. The third kappa shape index (κ3) is 4.89. The zero-order chi connectivity index (χ0) is 35.7. The Morgan fingerprint density at radius 2 is 1.46 bits per heavy atom. The van der Waals surface area contributed by atoms with E-state index in [4.69, 9.17) is 0 Å². The number of rotatable bonds is 6. The lowest BCUT2D eigenvalue weighted by Crippen LogP contribution is -2.12. The van der Waals surface area contributed by atoms with Gasteiger partial charge in [-0.05, 0) is 60.8 Å². The van der Waals surface area contributed by atoms with Crippen LogP contribution in [0.5, 0.6) is 5.75 Å². The summed E-state index contributed by atoms with van der Waals surface area (Å²) in [6, 6.07) is 36.6. The smallest absolute Gasteiger partial charge is 0.295 e. The molecule has 0 aliphatic carbocycles. The predicted molar refractivity (Wildman–Crippen MR) is 206 cm³/mol. The molecule has 0 saturated carbocycles. The molecule has 0 aliphatic rings. The van der Waals surface area contributed by atoms with Gasteiger partial charge in [0.2, 0.25) is 0 Å². The van der Waals surface area contributed by atoms with Crippen molar-refractivity contribution >= 4 is 98.2 Å². The van der Waals surface area contributed by atoms with Crippen LogP contribution in [-0.4, -0.2) is 33.5 Å². The van der Waals surface area contributed by atoms with Crippen LogP contribution in [0.3, 0.4) is 0 Å². The maximum absolute atomic E-state index is 14.0. The molecule has 0 spiro atoms. The number of nitrogens with zero attached hydrogens (tertiary/aromatic N) is 3. The van der Waals surface area contributed by atoms with Crippen molar-refractivity contribution in [1.29, 1.82) is 0 Å². The number of amides is 1. The second-order valence-electron chi connectivity index (χ2n) is 12.6. The minimum atomic E-state index is -4.51. The SMILES string of the molecule is CCn1c2ccccc2c2cc(NC(=O)c3cc4ccc5c6ccccc6[nH]c5c4c(/N=N/c4ccc(S(=O)(=O)O)c5ccccc45)c3O)ccc21. The number of hydrogen-bond acceptors (Lipinski definition) is 6. The minimum Gasteiger partial charge on any atom is -0.505 e. The van der Waals surface area contributed by atoms with Gasteiger partial charge in [-0.1, -0.05) is 72.8 Å². The number of phenolic OH excluding ortho intramolecular Hbond substituents is 1. The van der Waals surface area contributed by atoms with Crippen LogP contribution in [0.15, 0.2) is 136 Å². The molecule has 4 N–H and O–H groups in total. The Morgan fingerprint density at radius 1 is 0.750 bits per heavy atom. The maximum atomic E-state index is 14.0. The van der Waals surface area contributed by atoms with E-state index in [0.29, 0.717) is 33.1 Å². The average Bonchev–Trinajstić information content (AvgIpc) is 3.69. The van der Waals surface area contributed by atoms with Crippen molar-refractivity contribution in [2.75, 3.05) is 5.32 Å². The number of para-hydroxylation sites is 2. The first kappa shape index (κ1) is 31.4. The van der Waals surface area contributed by atoms with Crippen molar-refractivity contribution < 1.29 is 22.9 Å². The zero-order valence-electron chi connectivity index (χ0n) is 27.6. The molecule has 254 valence electrons. The van der Waals surface area contributed by atoms with Crippen molar-refractivity contribution in [2.45, 2.75) is 18.4 Å². The van der Waals surface area contributed by atoms with Gasteiger partial charge in [0.05, 0.1) is 16.8 Å². The molecular formula is C41H29N5O5S. The van der Waals surface area contributed by atoms with Crippen molar-refractivity contribution in [1.82, 2.24) is 9.55 Å². The summed E-state index contributed by atoms with van der Waals surface area (Å²) in [7, 11) is -4.51. The van der Waals surface area contributed by atoms with E-state index in [2.05, 4.69) is 44.2 Å². The fourth-order valence-electron chi connectivity index (χ4n) is 7.39. The third-order valence-corrected chi connectivity index (χ3v) is 10.6. The summed E-state index contributed by atoms with van der Waals surface area (Å²) < 4.78 is 36.3. The lowest BCUT2D eigenvalue weighted by atomic mass is 10.00. The Kier molecular flexibility index (Phi) is 7.11. The number of aromatic nitrogens is 2. The second-order valence-corrected chi connectivity index (χ2v) is 14.0. The Balaban J connectivity index is 1.21. The first-order valence-corrected chi connectivity index (χ1v) is 18.1. The lowest BCUT2D eigenvalue weighted by molar-refractivity contribution is 0.102. The number of aryl methyl sites for hydroxylation is 1. The van der Waals surface area contributed by atoms with Crippen molar-refractivity contribution in [3.05, 3.63) is 127 Å². The highest BCUT2D eigenvalue weighted by molar-refractivity contribution is 7.86. The molecule has 0 radical (unpaired) electrons. The Bertz CT molecular complexity index is 3110. The topological polar surface area (TPSA) is 149 Å². The first-order chi connectivity index (χ1) is 25.2. The molecular weight excluding hydrogens is 675 g/mol. The fraction of sp³-hybridized carbons (Fsp3) is 0.0488. The van der Waals surface area contributed by atoms with Crippen LogP contribution >= 0.6 is 0 Å². The number of fused-ring (bicyclic) bond motifs is 9. The van der Waals surface area contributed by atoms with Gasteiger partial charge >= 0.3 is 0 Å². The van der Waals surface area contributed by atoms with E-state index in [9.17, 15) is 22.9 Å². The average molecular weight is 704 g/mol. The van der Waals surface area contributed by atoms with Crippen molar-refractivity contribution in [3.8, 4) is 5.75 Å². The van der Waals surface area contributed by atoms with Gasteiger partial charge in [-0.3, -0.25) is 9.35 Å². The lowest BCUT2D eigenvalue weighted by Gasteiger charge is -2.13. The van der Waals surface area contributed by atoms with E-state index >= 15 is 0 Å². The summed E-state index contributed by atoms with van der Waals surface area (Å²) in [5.41, 5.74) is 4.68.